The second-order valence-corrected chi connectivity index (χ2v) is 4.27. The summed E-state index contributed by atoms with van der Waals surface area (Å²) >= 11 is 0. The number of hydrogen-bond donors (Lipinski definition) is 2. The van der Waals surface area contributed by atoms with Crippen molar-refractivity contribution in [2.45, 2.75) is 6.61 Å². The van der Waals surface area contributed by atoms with Crippen LogP contribution in [0.1, 0.15) is 11.1 Å². The smallest absolute Gasteiger partial charge is 0.120 e. The summed E-state index contributed by atoms with van der Waals surface area (Å²) in [5.74, 6) is 0.690. The average Bonchev–Trinajstić information content (AvgIpc) is 2.52. The summed E-state index contributed by atoms with van der Waals surface area (Å²) in [5.41, 5.74) is 2.41. The topological polar surface area (TPSA) is 65.3 Å². The second-order valence-electron chi connectivity index (χ2n) is 4.27. The quantitative estimate of drug-likeness (QED) is 0.790. The molecule has 20 heavy (non-hydrogen) atoms. The van der Waals surface area contributed by atoms with Gasteiger partial charge in [-0.15, -0.1) is 0 Å². The van der Waals surface area contributed by atoms with E-state index in [1.807, 2.05) is 30.3 Å². The van der Waals surface area contributed by atoms with Crippen LogP contribution < -0.4 is 10.1 Å². The summed E-state index contributed by atoms with van der Waals surface area (Å²) in [7, 11) is 0. The van der Waals surface area contributed by atoms with Crippen LogP contribution in [-0.2, 0) is 6.61 Å². The highest BCUT2D eigenvalue weighted by atomic mass is 16.5. The van der Waals surface area contributed by atoms with Crippen molar-refractivity contribution in [2.75, 3.05) is 18.5 Å². The fraction of sp³-hybridized carbons (Fsp3) is 0.188. The summed E-state index contributed by atoms with van der Waals surface area (Å²) in [6, 6.07) is 16.8. The molecule has 0 aliphatic heterocycles. The Balaban J connectivity index is 1.80. The molecule has 2 aromatic rings. The van der Waals surface area contributed by atoms with E-state index in [9.17, 15) is 0 Å². The zero-order chi connectivity index (χ0) is 14.2. The lowest BCUT2D eigenvalue weighted by atomic mass is 10.2. The number of ether oxygens (including phenoxy) is 1. The van der Waals surface area contributed by atoms with Crippen molar-refractivity contribution in [1.29, 1.82) is 5.26 Å². The first-order chi connectivity index (χ1) is 9.81. The maximum Gasteiger partial charge on any atom is 0.120 e. The van der Waals surface area contributed by atoms with Gasteiger partial charge in [-0.1, -0.05) is 18.2 Å². The third-order valence-corrected chi connectivity index (χ3v) is 2.77. The van der Waals surface area contributed by atoms with Crippen LogP contribution in [0.3, 0.4) is 0 Å². The minimum absolute atomic E-state index is 0.0347. The van der Waals surface area contributed by atoms with Crippen LogP contribution in [0.15, 0.2) is 48.5 Å². The number of aliphatic hydroxyl groups is 1. The Morgan fingerprint density at radius 1 is 1.15 bits per heavy atom. The maximum atomic E-state index is 9.05. The number of benzene rings is 2. The van der Waals surface area contributed by atoms with Crippen molar-refractivity contribution in [2.24, 2.45) is 0 Å². The lowest BCUT2D eigenvalue weighted by Crippen LogP contribution is -2.11. The van der Waals surface area contributed by atoms with Crippen molar-refractivity contribution >= 4 is 5.69 Å². The summed E-state index contributed by atoms with van der Waals surface area (Å²) in [4.78, 5) is 0. The van der Waals surface area contributed by atoms with Gasteiger partial charge in [0.15, 0.2) is 0 Å². The first-order valence-corrected chi connectivity index (χ1v) is 6.38. The molecule has 0 bridgehead atoms. The van der Waals surface area contributed by atoms with Crippen LogP contribution in [0.5, 0.6) is 5.75 Å². The van der Waals surface area contributed by atoms with Crippen molar-refractivity contribution in [3.8, 4) is 11.8 Å². The molecule has 0 fully saturated rings. The minimum Gasteiger partial charge on any atom is -0.492 e. The van der Waals surface area contributed by atoms with Crippen LogP contribution >= 0.6 is 0 Å². The van der Waals surface area contributed by atoms with Gasteiger partial charge in [0, 0.05) is 12.2 Å². The molecule has 0 atom stereocenters. The fourth-order valence-electron chi connectivity index (χ4n) is 1.80. The average molecular weight is 268 g/mol. The van der Waals surface area contributed by atoms with Crippen LogP contribution in [-0.4, -0.2) is 18.3 Å². The molecule has 0 amide bonds. The highest BCUT2D eigenvalue weighted by Gasteiger charge is 1.97. The highest BCUT2D eigenvalue weighted by Crippen LogP contribution is 2.13. The monoisotopic (exact) mass is 268 g/mol. The molecule has 4 heteroatoms. The molecule has 102 valence electrons. The van der Waals surface area contributed by atoms with E-state index in [0.717, 1.165) is 11.3 Å². The normalized spacial score (nSPS) is 9.80. The predicted octanol–water partition coefficient (Wildman–Crippen LogP) is 2.54. The van der Waals surface area contributed by atoms with Gasteiger partial charge in [0.25, 0.3) is 0 Å². The summed E-state index contributed by atoms with van der Waals surface area (Å²) in [6.07, 6.45) is 0. The molecule has 4 nitrogen and oxygen atoms in total. The fourth-order valence-corrected chi connectivity index (χ4v) is 1.80. The molecule has 0 aliphatic carbocycles. The van der Waals surface area contributed by atoms with Crippen LogP contribution in [0.4, 0.5) is 5.69 Å². The molecule has 0 radical (unpaired) electrons. The SMILES string of the molecule is N#Cc1cccc(OCCNc2cccc(CO)c2)c1. The molecule has 2 aromatic carbocycles. The molecule has 2 N–H and O–H groups in total. The van der Waals surface area contributed by atoms with E-state index in [0.29, 0.717) is 24.5 Å². The van der Waals surface area contributed by atoms with E-state index >= 15 is 0 Å². The third-order valence-electron chi connectivity index (χ3n) is 2.77. The number of anilines is 1. The van der Waals surface area contributed by atoms with Crippen molar-refractivity contribution < 1.29 is 9.84 Å². The number of hydrogen-bond acceptors (Lipinski definition) is 4. The lowest BCUT2D eigenvalue weighted by Gasteiger charge is -2.09. The van der Waals surface area contributed by atoms with Crippen LogP contribution in [0, 0.1) is 11.3 Å². The largest absolute Gasteiger partial charge is 0.492 e. The predicted molar refractivity (Wildman–Crippen MR) is 77.5 cm³/mol. The van der Waals surface area contributed by atoms with Gasteiger partial charge >= 0.3 is 0 Å². The van der Waals surface area contributed by atoms with Gasteiger partial charge in [0.05, 0.1) is 18.2 Å². The van der Waals surface area contributed by atoms with E-state index < -0.39 is 0 Å². The molecule has 0 saturated carbocycles. The molecule has 0 heterocycles. The Bertz CT molecular complexity index is 605. The minimum atomic E-state index is 0.0347. The molecule has 2 rings (SSSR count). The first kappa shape index (κ1) is 13.9. The number of nitriles is 1. The maximum absolute atomic E-state index is 9.05. The molecule has 0 unspecified atom stereocenters. The van der Waals surface area contributed by atoms with E-state index in [1.54, 1.807) is 18.2 Å². The Morgan fingerprint density at radius 2 is 2.00 bits per heavy atom. The molecule has 0 saturated heterocycles. The Kier molecular flexibility index (Phi) is 4.99. The molecular weight excluding hydrogens is 252 g/mol. The Morgan fingerprint density at radius 3 is 2.80 bits per heavy atom. The van der Waals surface area contributed by atoms with Gasteiger partial charge in [-0.2, -0.15) is 5.26 Å². The molecule has 0 spiro atoms. The number of aliphatic hydroxyl groups excluding tert-OH is 1. The van der Waals surface area contributed by atoms with Crippen molar-refractivity contribution in [3.63, 3.8) is 0 Å². The van der Waals surface area contributed by atoms with E-state index in [1.165, 1.54) is 0 Å². The number of rotatable bonds is 6. The van der Waals surface area contributed by atoms with E-state index in [-0.39, 0.29) is 6.61 Å². The molecule has 0 aromatic heterocycles. The van der Waals surface area contributed by atoms with E-state index in [4.69, 9.17) is 15.1 Å². The zero-order valence-electron chi connectivity index (χ0n) is 11.0. The van der Waals surface area contributed by atoms with Gasteiger partial charge in [-0.3, -0.25) is 0 Å². The van der Waals surface area contributed by atoms with Crippen LogP contribution in [0.2, 0.25) is 0 Å². The summed E-state index contributed by atoms with van der Waals surface area (Å²) in [5, 5.41) is 21.1. The van der Waals surface area contributed by atoms with Gasteiger partial charge in [-0.05, 0) is 35.9 Å². The number of nitrogens with zero attached hydrogens (tertiary/aromatic N) is 1. The Labute approximate surface area is 118 Å². The van der Waals surface area contributed by atoms with Crippen molar-refractivity contribution in [1.82, 2.24) is 0 Å². The zero-order valence-corrected chi connectivity index (χ0v) is 11.0. The number of nitrogens with one attached hydrogen (secondary N) is 1. The van der Waals surface area contributed by atoms with E-state index in [2.05, 4.69) is 11.4 Å². The third kappa shape index (κ3) is 4.01. The van der Waals surface area contributed by atoms with Gasteiger partial charge in [0.2, 0.25) is 0 Å². The van der Waals surface area contributed by atoms with Gasteiger partial charge in [-0.25, -0.2) is 0 Å². The first-order valence-electron chi connectivity index (χ1n) is 6.38. The van der Waals surface area contributed by atoms with Crippen LogP contribution in [0.25, 0.3) is 0 Å². The van der Waals surface area contributed by atoms with Gasteiger partial charge in [0.1, 0.15) is 12.4 Å². The second kappa shape index (κ2) is 7.17. The highest BCUT2D eigenvalue weighted by molar-refractivity contribution is 5.45. The lowest BCUT2D eigenvalue weighted by molar-refractivity contribution is 0.282. The Hall–Kier alpha value is -2.51. The molecule has 0 aliphatic rings. The standard InChI is InChI=1S/C16H16N2O2/c17-11-13-3-2-6-16(10-13)20-8-7-18-15-5-1-4-14(9-15)12-19/h1-6,9-10,18-19H,7-8,12H2. The summed E-state index contributed by atoms with van der Waals surface area (Å²) < 4.78 is 5.56. The summed E-state index contributed by atoms with van der Waals surface area (Å²) in [6.45, 7) is 1.18. The van der Waals surface area contributed by atoms with Gasteiger partial charge < -0.3 is 15.2 Å². The molecular formula is C16H16N2O2. The van der Waals surface area contributed by atoms with Crippen molar-refractivity contribution in [3.05, 3.63) is 59.7 Å².